The van der Waals surface area contributed by atoms with Gasteiger partial charge in [-0.1, -0.05) is 48.9 Å². The minimum atomic E-state index is -1.21. The first kappa shape index (κ1) is 37.5. The molecule has 0 aliphatic carbocycles. The zero-order valence-electron chi connectivity index (χ0n) is 29.2. The number of nitrogens with one attached hydrogen (secondary N) is 1. The smallest absolute Gasteiger partial charge is 0.338 e. The third kappa shape index (κ3) is 8.07. The van der Waals surface area contributed by atoms with Gasteiger partial charge in [0.25, 0.3) is 0 Å². The largest absolute Gasteiger partial charge is 0.488 e. The van der Waals surface area contributed by atoms with Crippen molar-refractivity contribution >= 4 is 23.5 Å². The molecular formula is C38H44ClF2NO8. The van der Waals surface area contributed by atoms with Crippen molar-refractivity contribution < 1.29 is 46.8 Å². The third-order valence-electron chi connectivity index (χ3n) is 8.74. The van der Waals surface area contributed by atoms with E-state index in [4.69, 9.17) is 40.0 Å². The molecule has 3 aromatic rings. The van der Waals surface area contributed by atoms with E-state index < -0.39 is 51.8 Å². The second-order valence-corrected chi connectivity index (χ2v) is 14.0. The van der Waals surface area contributed by atoms with Gasteiger partial charge in [0.1, 0.15) is 23.8 Å². The Morgan fingerprint density at radius 1 is 1.10 bits per heavy atom. The van der Waals surface area contributed by atoms with Crippen molar-refractivity contribution in [2.75, 3.05) is 33.4 Å². The molecule has 1 N–H and O–H groups in total. The predicted octanol–water partition coefficient (Wildman–Crippen LogP) is 7.71. The Kier molecular flexibility index (Phi) is 11.7. The van der Waals surface area contributed by atoms with Gasteiger partial charge in [-0.05, 0) is 64.7 Å². The molecule has 2 aliphatic heterocycles. The SMILES string of the molecule is COC(=O)c1ccc(OC[C@H](C)O[C@H]2CCCCO2)c(F)c1-c1c(Cl)c(F)cc2c1C(C)C(CNCC(=O)OC(C)(C)C)(c1ccccc1)O2. The second-order valence-electron chi connectivity index (χ2n) is 13.6. The number of hydrogen-bond acceptors (Lipinski definition) is 9. The van der Waals surface area contributed by atoms with E-state index >= 15 is 8.78 Å². The van der Waals surface area contributed by atoms with Crippen molar-refractivity contribution in [3.05, 3.63) is 81.9 Å². The molecule has 0 spiro atoms. The lowest BCUT2D eigenvalue weighted by Gasteiger charge is -2.34. The maximum atomic E-state index is 16.8. The van der Waals surface area contributed by atoms with E-state index in [-0.39, 0.29) is 54.2 Å². The molecule has 0 saturated carbocycles. The molecule has 0 amide bonds. The van der Waals surface area contributed by atoms with Crippen molar-refractivity contribution in [1.29, 1.82) is 0 Å². The first-order valence-electron chi connectivity index (χ1n) is 16.8. The summed E-state index contributed by atoms with van der Waals surface area (Å²) in [7, 11) is 1.17. The third-order valence-corrected chi connectivity index (χ3v) is 9.11. The van der Waals surface area contributed by atoms with Gasteiger partial charge in [0.2, 0.25) is 0 Å². The van der Waals surface area contributed by atoms with E-state index in [1.54, 1.807) is 27.7 Å². The number of benzene rings is 3. The second kappa shape index (κ2) is 15.6. The molecule has 2 unspecified atom stereocenters. The van der Waals surface area contributed by atoms with Crippen LogP contribution in [0.2, 0.25) is 5.02 Å². The van der Waals surface area contributed by atoms with Gasteiger partial charge >= 0.3 is 11.9 Å². The van der Waals surface area contributed by atoms with Crippen LogP contribution in [-0.2, 0) is 29.3 Å². The molecule has 5 rings (SSSR count). The van der Waals surface area contributed by atoms with Gasteiger partial charge in [0, 0.05) is 41.8 Å². The van der Waals surface area contributed by atoms with Gasteiger partial charge in [0.05, 0.1) is 30.3 Å². The summed E-state index contributed by atoms with van der Waals surface area (Å²) in [4.78, 5) is 25.7. The molecule has 0 radical (unpaired) electrons. The molecular weight excluding hydrogens is 672 g/mol. The average Bonchev–Trinajstić information content (AvgIpc) is 3.35. The van der Waals surface area contributed by atoms with Crippen LogP contribution in [0.5, 0.6) is 11.5 Å². The fourth-order valence-corrected chi connectivity index (χ4v) is 6.71. The number of halogens is 3. The quantitative estimate of drug-likeness (QED) is 0.189. The van der Waals surface area contributed by atoms with Crippen LogP contribution < -0.4 is 14.8 Å². The summed E-state index contributed by atoms with van der Waals surface area (Å²) in [5, 5.41) is 2.74. The molecule has 1 saturated heterocycles. The Morgan fingerprint density at radius 2 is 1.84 bits per heavy atom. The maximum absolute atomic E-state index is 16.8. The first-order valence-corrected chi connectivity index (χ1v) is 17.1. The van der Waals surface area contributed by atoms with Gasteiger partial charge in [-0.3, -0.25) is 4.79 Å². The van der Waals surface area contributed by atoms with Crippen LogP contribution in [-0.4, -0.2) is 63.3 Å². The molecule has 2 heterocycles. The van der Waals surface area contributed by atoms with Crippen molar-refractivity contribution in [1.82, 2.24) is 5.32 Å². The summed E-state index contributed by atoms with van der Waals surface area (Å²) in [6, 6.07) is 13.0. The van der Waals surface area contributed by atoms with Crippen LogP contribution >= 0.6 is 11.6 Å². The maximum Gasteiger partial charge on any atom is 0.338 e. The highest BCUT2D eigenvalue weighted by atomic mass is 35.5. The number of esters is 2. The molecule has 0 aromatic heterocycles. The highest BCUT2D eigenvalue weighted by Gasteiger charge is 2.50. The fourth-order valence-electron chi connectivity index (χ4n) is 6.46. The van der Waals surface area contributed by atoms with E-state index in [1.807, 2.05) is 37.3 Å². The number of carbonyl (C=O) groups excluding carboxylic acids is 2. The Hall–Kier alpha value is -3.77. The van der Waals surface area contributed by atoms with Gasteiger partial charge in [-0.2, -0.15) is 0 Å². The number of carbonyl (C=O) groups is 2. The highest BCUT2D eigenvalue weighted by molar-refractivity contribution is 6.34. The summed E-state index contributed by atoms with van der Waals surface area (Å²) in [5.41, 5.74) is -1.35. The minimum absolute atomic E-state index is 0.0251. The lowest BCUT2D eigenvalue weighted by Crippen LogP contribution is -2.46. The van der Waals surface area contributed by atoms with Crippen molar-refractivity contribution in [3.8, 4) is 22.6 Å². The van der Waals surface area contributed by atoms with Crippen LogP contribution in [0.3, 0.4) is 0 Å². The molecule has 12 heteroatoms. The molecule has 4 atom stereocenters. The Balaban J connectivity index is 1.55. The van der Waals surface area contributed by atoms with Crippen LogP contribution in [0.15, 0.2) is 48.5 Å². The molecule has 50 heavy (non-hydrogen) atoms. The Labute approximate surface area is 296 Å². The molecule has 1 fully saturated rings. The summed E-state index contributed by atoms with van der Waals surface area (Å²) in [5.74, 6) is -3.84. The van der Waals surface area contributed by atoms with Gasteiger partial charge in [-0.15, -0.1) is 0 Å². The molecule has 2 aliphatic rings. The topological polar surface area (TPSA) is 102 Å². The monoisotopic (exact) mass is 715 g/mol. The first-order chi connectivity index (χ1) is 23.8. The van der Waals surface area contributed by atoms with E-state index in [1.165, 1.54) is 19.2 Å². The van der Waals surface area contributed by atoms with Crippen molar-refractivity contribution in [2.45, 2.75) is 83.4 Å². The summed E-state index contributed by atoms with van der Waals surface area (Å²) in [6.07, 6.45) is 1.88. The number of methoxy groups -OCH3 is 1. The van der Waals surface area contributed by atoms with Crippen LogP contribution in [0.1, 0.15) is 81.3 Å². The van der Waals surface area contributed by atoms with Gasteiger partial charge in [-0.25, -0.2) is 13.6 Å². The fraction of sp³-hybridized carbons (Fsp3) is 0.474. The molecule has 270 valence electrons. The summed E-state index contributed by atoms with van der Waals surface area (Å²) < 4.78 is 67.1. The lowest BCUT2D eigenvalue weighted by atomic mass is 9.77. The van der Waals surface area contributed by atoms with Crippen LogP contribution in [0.25, 0.3) is 11.1 Å². The zero-order chi connectivity index (χ0) is 36.2. The zero-order valence-corrected chi connectivity index (χ0v) is 30.0. The lowest BCUT2D eigenvalue weighted by molar-refractivity contribution is -0.189. The van der Waals surface area contributed by atoms with E-state index in [0.717, 1.165) is 25.3 Å². The standard InChI is InChI=1S/C38H44ClF2NO8/c1-22(48-30-14-10-11-17-46-30)20-47-27-16-15-25(36(44)45-6)32(35(27)41)33-31-23(2)38(24-12-8-7-9-13-24,49-28(31)18-26(40)34(33)39)21-42-19-29(43)50-37(3,4)5/h7-9,12-13,15-16,18,22-23,30,42H,10-11,14,17,19-21H2,1-6H3/t22-,23?,30-,38?/m0/s1. The predicted molar refractivity (Wildman–Crippen MR) is 184 cm³/mol. The van der Waals surface area contributed by atoms with Crippen molar-refractivity contribution in [2.24, 2.45) is 0 Å². The summed E-state index contributed by atoms with van der Waals surface area (Å²) >= 11 is 6.70. The molecule has 0 bridgehead atoms. The number of ether oxygens (including phenoxy) is 6. The van der Waals surface area contributed by atoms with E-state index in [9.17, 15) is 9.59 Å². The van der Waals surface area contributed by atoms with E-state index in [0.29, 0.717) is 17.7 Å². The molecule has 3 aromatic carbocycles. The minimum Gasteiger partial charge on any atom is -0.488 e. The Bertz CT molecular complexity index is 1690. The van der Waals surface area contributed by atoms with E-state index in [2.05, 4.69) is 5.32 Å². The average molecular weight is 716 g/mol. The highest BCUT2D eigenvalue weighted by Crippen LogP contribution is 2.56. The van der Waals surface area contributed by atoms with Crippen LogP contribution in [0, 0.1) is 11.6 Å². The Morgan fingerprint density at radius 3 is 2.50 bits per heavy atom. The van der Waals surface area contributed by atoms with Gasteiger partial charge in [0.15, 0.2) is 23.5 Å². The number of hydrogen-bond donors (Lipinski definition) is 1. The van der Waals surface area contributed by atoms with Gasteiger partial charge < -0.3 is 33.7 Å². The normalized spacial score (nSPS) is 20.8. The summed E-state index contributed by atoms with van der Waals surface area (Å²) in [6.45, 7) is 9.49. The number of fused-ring (bicyclic) bond motifs is 1. The molecule has 9 nitrogen and oxygen atoms in total. The number of rotatable bonds is 12. The van der Waals surface area contributed by atoms with Crippen molar-refractivity contribution in [3.63, 3.8) is 0 Å². The van der Waals surface area contributed by atoms with Crippen LogP contribution in [0.4, 0.5) is 8.78 Å².